The fourth-order valence-electron chi connectivity index (χ4n) is 2.52. The molecule has 0 spiro atoms. The number of nitrogens with one attached hydrogen (secondary N) is 1. The van der Waals surface area contributed by atoms with Crippen LogP contribution in [-0.2, 0) is 6.54 Å². The zero-order valence-corrected chi connectivity index (χ0v) is 10.5. The van der Waals surface area contributed by atoms with Crippen LogP contribution in [0.2, 0.25) is 0 Å². The van der Waals surface area contributed by atoms with Crippen LogP contribution in [0, 0.1) is 5.92 Å². The minimum atomic E-state index is -0.195. The summed E-state index contributed by atoms with van der Waals surface area (Å²) < 4.78 is 0. The third-order valence-corrected chi connectivity index (χ3v) is 3.66. The standard InChI is InChI=1S/C14H21NO3/c16-12-6-5-11(14(18)7-12)9-15-8-10-3-1-2-4-13(10)17/h5-7,10,13,15-18H,1-4,8-9H2. The van der Waals surface area contributed by atoms with E-state index in [1.54, 1.807) is 12.1 Å². The monoisotopic (exact) mass is 251 g/mol. The maximum atomic E-state index is 9.83. The number of aliphatic hydroxyl groups is 1. The lowest BCUT2D eigenvalue weighted by Crippen LogP contribution is -2.33. The van der Waals surface area contributed by atoms with Crippen LogP contribution in [0.1, 0.15) is 31.2 Å². The summed E-state index contributed by atoms with van der Waals surface area (Å²) in [6.45, 7) is 1.32. The van der Waals surface area contributed by atoms with Gasteiger partial charge in [0.05, 0.1) is 6.10 Å². The summed E-state index contributed by atoms with van der Waals surface area (Å²) >= 11 is 0. The van der Waals surface area contributed by atoms with Crippen LogP contribution in [0.5, 0.6) is 11.5 Å². The highest BCUT2D eigenvalue weighted by Crippen LogP contribution is 2.25. The predicted molar refractivity (Wildman–Crippen MR) is 69.4 cm³/mol. The van der Waals surface area contributed by atoms with Gasteiger partial charge in [-0.2, -0.15) is 0 Å². The Morgan fingerprint density at radius 3 is 2.67 bits per heavy atom. The van der Waals surface area contributed by atoms with E-state index in [0.29, 0.717) is 12.5 Å². The van der Waals surface area contributed by atoms with Crippen LogP contribution in [0.15, 0.2) is 18.2 Å². The second kappa shape index (κ2) is 6.07. The molecule has 1 aliphatic carbocycles. The Morgan fingerprint density at radius 1 is 1.17 bits per heavy atom. The molecule has 0 heterocycles. The summed E-state index contributed by atoms with van der Waals surface area (Å²) in [5.74, 6) is 0.489. The van der Waals surface area contributed by atoms with Gasteiger partial charge in [-0.15, -0.1) is 0 Å². The van der Waals surface area contributed by atoms with Crippen LogP contribution in [0.3, 0.4) is 0 Å². The zero-order valence-electron chi connectivity index (χ0n) is 10.5. The van der Waals surface area contributed by atoms with E-state index >= 15 is 0 Å². The molecule has 2 rings (SSSR count). The molecule has 4 nitrogen and oxygen atoms in total. The van der Waals surface area contributed by atoms with Crippen molar-refractivity contribution in [3.63, 3.8) is 0 Å². The van der Waals surface area contributed by atoms with Crippen molar-refractivity contribution in [1.29, 1.82) is 0 Å². The Bertz CT molecular complexity index is 395. The Hall–Kier alpha value is -1.26. The third-order valence-electron chi connectivity index (χ3n) is 3.66. The average molecular weight is 251 g/mol. The lowest BCUT2D eigenvalue weighted by atomic mass is 9.86. The fourth-order valence-corrected chi connectivity index (χ4v) is 2.52. The van der Waals surface area contributed by atoms with Gasteiger partial charge in [-0.05, 0) is 24.8 Å². The summed E-state index contributed by atoms with van der Waals surface area (Å²) in [6, 6.07) is 4.60. The molecule has 0 saturated heterocycles. The van der Waals surface area contributed by atoms with Gasteiger partial charge in [0, 0.05) is 24.7 Å². The molecule has 0 bridgehead atoms. The Kier molecular flexibility index (Phi) is 4.44. The van der Waals surface area contributed by atoms with E-state index in [1.165, 1.54) is 12.5 Å². The lowest BCUT2D eigenvalue weighted by molar-refractivity contribution is 0.0695. The molecular weight excluding hydrogens is 230 g/mol. The number of phenols is 2. The topological polar surface area (TPSA) is 72.7 Å². The lowest BCUT2D eigenvalue weighted by Gasteiger charge is -2.27. The summed E-state index contributed by atoms with van der Waals surface area (Å²) in [6.07, 6.45) is 4.08. The first-order valence-corrected chi connectivity index (χ1v) is 6.56. The second-order valence-electron chi connectivity index (χ2n) is 5.06. The number of benzene rings is 1. The zero-order chi connectivity index (χ0) is 13.0. The molecule has 100 valence electrons. The van der Waals surface area contributed by atoms with Gasteiger partial charge in [0.25, 0.3) is 0 Å². The Balaban J connectivity index is 1.81. The predicted octanol–water partition coefficient (Wildman–Crippen LogP) is 1.74. The van der Waals surface area contributed by atoms with E-state index in [-0.39, 0.29) is 17.6 Å². The molecule has 0 amide bonds. The van der Waals surface area contributed by atoms with Gasteiger partial charge in [-0.1, -0.05) is 18.9 Å². The molecule has 0 aliphatic heterocycles. The number of phenolic OH excluding ortho intramolecular Hbond substituents is 2. The number of aromatic hydroxyl groups is 2. The van der Waals surface area contributed by atoms with E-state index in [0.717, 1.165) is 31.4 Å². The molecule has 2 atom stereocenters. The highest BCUT2D eigenvalue weighted by molar-refractivity contribution is 5.38. The number of hydrogen-bond acceptors (Lipinski definition) is 4. The first-order chi connectivity index (χ1) is 8.66. The number of hydrogen-bond donors (Lipinski definition) is 4. The largest absolute Gasteiger partial charge is 0.508 e. The molecule has 0 aromatic heterocycles. The summed E-state index contributed by atoms with van der Waals surface area (Å²) in [4.78, 5) is 0. The molecule has 0 radical (unpaired) electrons. The molecule has 1 aromatic carbocycles. The Morgan fingerprint density at radius 2 is 1.94 bits per heavy atom. The molecule has 1 aliphatic rings. The molecule has 4 heteroatoms. The maximum Gasteiger partial charge on any atom is 0.123 e. The summed E-state index contributed by atoms with van der Waals surface area (Å²) in [5, 5.41) is 31.9. The van der Waals surface area contributed by atoms with Gasteiger partial charge in [-0.3, -0.25) is 0 Å². The summed E-state index contributed by atoms with van der Waals surface area (Å²) in [7, 11) is 0. The first-order valence-electron chi connectivity index (χ1n) is 6.56. The maximum absolute atomic E-state index is 9.83. The normalized spacial score (nSPS) is 24.1. The SMILES string of the molecule is Oc1ccc(CNCC2CCCCC2O)c(O)c1. The van der Waals surface area contributed by atoms with Gasteiger partial charge in [-0.25, -0.2) is 0 Å². The molecule has 18 heavy (non-hydrogen) atoms. The van der Waals surface area contributed by atoms with Gasteiger partial charge >= 0.3 is 0 Å². The average Bonchev–Trinajstić information content (AvgIpc) is 2.34. The molecule has 1 fully saturated rings. The van der Waals surface area contributed by atoms with Gasteiger partial charge in [0.15, 0.2) is 0 Å². The Labute approximate surface area is 107 Å². The van der Waals surface area contributed by atoms with Gasteiger partial charge in [0.1, 0.15) is 11.5 Å². The van der Waals surface area contributed by atoms with E-state index in [4.69, 9.17) is 0 Å². The number of aliphatic hydroxyl groups excluding tert-OH is 1. The van der Waals surface area contributed by atoms with Crippen molar-refractivity contribution in [2.45, 2.75) is 38.3 Å². The minimum absolute atomic E-state index is 0.0685. The van der Waals surface area contributed by atoms with Gasteiger partial charge < -0.3 is 20.6 Å². The van der Waals surface area contributed by atoms with Crippen molar-refractivity contribution in [3.05, 3.63) is 23.8 Å². The van der Waals surface area contributed by atoms with Crippen LogP contribution < -0.4 is 5.32 Å². The van der Waals surface area contributed by atoms with Crippen molar-refractivity contribution in [2.75, 3.05) is 6.54 Å². The van der Waals surface area contributed by atoms with Crippen molar-refractivity contribution in [2.24, 2.45) is 5.92 Å². The molecular formula is C14H21NO3. The van der Waals surface area contributed by atoms with E-state index in [2.05, 4.69) is 5.32 Å². The highest BCUT2D eigenvalue weighted by Gasteiger charge is 2.22. The van der Waals surface area contributed by atoms with Crippen molar-refractivity contribution >= 4 is 0 Å². The van der Waals surface area contributed by atoms with Crippen LogP contribution >= 0.6 is 0 Å². The quantitative estimate of drug-likeness (QED) is 0.657. The highest BCUT2D eigenvalue weighted by atomic mass is 16.3. The minimum Gasteiger partial charge on any atom is -0.508 e. The smallest absolute Gasteiger partial charge is 0.123 e. The number of rotatable bonds is 4. The van der Waals surface area contributed by atoms with Crippen LogP contribution in [-0.4, -0.2) is 28.0 Å². The van der Waals surface area contributed by atoms with Crippen LogP contribution in [0.25, 0.3) is 0 Å². The first kappa shape index (κ1) is 13.2. The summed E-state index contributed by atoms with van der Waals surface area (Å²) in [5.41, 5.74) is 0.762. The molecule has 1 saturated carbocycles. The van der Waals surface area contributed by atoms with Crippen molar-refractivity contribution < 1.29 is 15.3 Å². The molecule has 1 aromatic rings. The van der Waals surface area contributed by atoms with E-state index in [9.17, 15) is 15.3 Å². The fraction of sp³-hybridized carbons (Fsp3) is 0.571. The van der Waals surface area contributed by atoms with E-state index in [1.807, 2.05) is 0 Å². The molecule has 2 unspecified atom stereocenters. The van der Waals surface area contributed by atoms with Crippen molar-refractivity contribution in [1.82, 2.24) is 5.32 Å². The molecule has 4 N–H and O–H groups in total. The van der Waals surface area contributed by atoms with Crippen LogP contribution in [0.4, 0.5) is 0 Å². The third kappa shape index (κ3) is 3.37. The van der Waals surface area contributed by atoms with E-state index < -0.39 is 0 Å². The van der Waals surface area contributed by atoms with Crippen molar-refractivity contribution in [3.8, 4) is 11.5 Å². The second-order valence-corrected chi connectivity index (χ2v) is 5.06. The van der Waals surface area contributed by atoms with Gasteiger partial charge in [0.2, 0.25) is 0 Å².